The van der Waals surface area contributed by atoms with Gasteiger partial charge in [0.25, 0.3) is 0 Å². The fourth-order valence-corrected chi connectivity index (χ4v) is 9.99. The standard InChI is InChI=1S/C12H27F3O2Si2/c1-18(2,3)17-19(4,5)11-7-10-16-9-6-8-12(13,14)15/h6-11H2,1-5H3. The van der Waals surface area contributed by atoms with Crippen LogP contribution in [0.4, 0.5) is 13.2 Å². The number of halogens is 3. The molecular weight excluding hydrogens is 289 g/mol. The molecule has 0 aromatic carbocycles. The Morgan fingerprint density at radius 1 is 0.895 bits per heavy atom. The molecule has 0 aromatic heterocycles. The Kier molecular flexibility index (Phi) is 7.86. The average Bonchev–Trinajstić information content (AvgIpc) is 2.10. The van der Waals surface area contributed by atoms with E-state index < -0.39 is 29.2 Å². The van der Waals surface area contributed by atoms with E-state index >= 15 is 0 Å². The minimum Gasteiger partial charge on any atom is -0.456 e. The van der Waals surface area contributed by atoms with Crippen LogP contribution < -0.4 is 0 Å². The molecular formula is C12H27F3O2Si2. The van der Waals surface area contributed by atoms with Gasteiger partial charge in [0.15, 0.2) is 16.6 Å². The first-order valence-electron chi connectivity index (χ1n) is 6.76. The molecule has 0 radical (unpaired) electrons. The largest absolute Gasteiger partial charge is 0.456 e. The Morgan fingerprint density at radius 3 is 1.89 bits per heavy atom. The van der Waals surface area contributed by atoms with Crippen LogP contribution in [-0.4, -0.2) is 36.0 Å². The Labute approximate surface area is 116 Å². The lowest BCUT2D eigenvalue weighted by Crippen LogP contribution is -2.42. The maximum atomic E-state index is 11.9. The summed E-state index contributed by atoms with van der Waals surface area (Å²) in [5, 5.41) is 0. The first-order chi connectivity index (χ1) is 8.41. The summed E-state index contributed by atoms with van der Waals surface area (Å²) in [6, 6.07) is 0.997. The van der Waals surface area contributed by atoms with Crippen LogP contribution >= 0.6 is 0 Å². The molecule has 0 aliphatic rings. The summed E-state index contributed by atoms with van der Waals surface area (Å²) in [5.41, 5.74) is 0. The fraction of sp³-hybridized carbons (Fsp3) is 1.00. The van der Waals surface area contributed by atoms with Crippen molar-refractivity contribution in [3.8, 4) is 0 Å². The van der Waals surface area contributed by atoms with Crippen molar-refractivity contribution in [1.29, 1.82) is 0 Å². The van der Waals surface area contributed by atoms with Crippen molar-refractivity contribution in [3.63, 3.8) is 0 Å². The molecule has 0 fully saturated rings. The zero-order valence-corrected chi connectivity index (χ0v) is 14.7. The molecule has 0 amide bonds. The second-order valence-electron chi connectivity index (χ2n) is 6.41. The molecule has 7 heteroatoms. The summed E-state index contributed by atoms with van der Waals surface area (Å²) in [7, 11) is -3.13. The summed E-state index contributed by atoms with van der Waals surface area (Å²) in [4.78, 5) is 0. The van der Waals surface area contributed by atoms with E-state index in [0.717, 1.165) is 12.5 Å². The van der Waals surface area contributed by atoms with Crippen LogP contribution in [0, 0.1) is 0 Å². The van der Waals surface area contributed by atoms with Gasteiger partial charge in [-0.1, -0.05) is 0 Å². The third kappa shape index (κ3) is 14.4. The van der Waals surface area contributed by atoms with Gasteiger partial charge in [0.05, 0.1) is 0 Å². The van der Waals surface area contributed by atoms with Gasteiger partial charge in [0.1, 0.15) is 0 Å². The first kappa shape index (κ1) is 19.1. The van der Waals surface area contributed by atoms with Crippen molar-refractivity contribution in [2.45, 2.75) is 64.2 Å². The van der Waals surface area contributed by atoms with Gasteiger partial charge in [-0.3, -0.25) is 0 Å². The minimum atomic E-state index is -4.07. The lowest BCUT2D eigenvalue weighted by Gasteiger charge is -2.31. The van der Waals surface area contributed by atoms with Gasteiger partial charge in [-0.25, -0.2) is 0 Å². The van der Waals surface area contributed by atoms with Gasteiger partial charge in [-0.15, -0.1) is 0 Å². The lowest BCUT2D eigenvalue weighted by atomic mass is 10.3. The van der Waals surface area contributed by atoms with E-state index in [1.165, 1.54) is 0 Å². The number of rotatable bonds is 9. The van der Waals surface area contributed by atoms with Crippen molar-refractivity contribution >= 4 is 16.6 Å². The Balaban J connectivity index is 3.59. The summed E-state index contributed by atoms with van der Waals surface area (Å²) < 4.78 is 47.0. The number of hydrogen-bond acceptors (Lipinski definition) is 2. The Hall–Kier alpha value is 0.144. The van der Waals surface area contributed by atoms with Gasteiger partial charge in [0.2, 0.25) is 0 Å². The predicted molar refractivity (Wildman–Crippen MR) is 77.4 cm³/mol. The normalized spacial score (nSPS) is 13.9. The van der Waals surface area contributed by atoms with Gasteiger partial charge in [-0.2, -0.15) is 13.2 Å². The van der Waals surface area contributed by atoms with E-state index in [9.17, 15) is 13.2 Å². The monoisotopic (exact) mass is 316 g/mol. The molecule has 116 valence electrons. The van der Waals surface area contributed by atoms with Crippen molar-refractivity contribution in [2.75, 3.05) is 13.2 Å². The highest BCUT2D eigenvalue weighted by molar-refractivity contribution is 6.84. The fourth-order valence-electron chi connectivity index (χ4n) is 1.96. The van der Waals surface area contributed by atoms with Crippen LogP contribution in [0.25, 0.3) is 0 Å². The molecule has 0 saturated carbocycles. The smallest absolute Gasteiger partial charge is 0.389 e. The van der Waals surface area contributed by atoms with E-state index in [1.54, 1.807) is 0 Å². The van der Waals surface area contributed by atoms with E-state index in [0.29, 0.717) is 6.61 Å². The van der Waals surface area contributed by atoms with Crippen LogP contribution in [0.3, 0.4) is 0 Å². The average molecular weight is 317 g/mol. The van der Waals surface area contributed by atoms with E-state index in [2.05, 4.69) is 32.7 Å². The number of ether oxygens (including phenoxy) is 1. The molecule has 0 atom stereocenters. The van der Waals surface area contributed by atoms with Crippen LogP contribution in [0.1, 0.15) is 19.3 Å². The molecule has 0 heterocycles. The Bertz CT molecular complexity index is 250. The van der Waals surface area contributed by atoms with E-state index in [1.807, 2.05) is 0 Å². The van der Waals surface area contributed by atoms with Crippen molar-refractivity contribution in [3.05, 3.63) is 0 Å². The van der Waals surface area contributed by atoms with Gasteiger partial charge in [-0.05, 0) is 51.6 Å². The minimum absolute atomic E-state index is 0.0513. The lowest BCUT2D eigenvalue weighted by molar-refractivity contribution is -0.137. The van der Waals surface area contributed by atoms with Crippen molar-refractivity contribution < 1.29 is 22.0 Å². The SMILES string of the molecule is C[Si](C)(C)O[Si](C)(C)CCCOCCCC(F)(F)F. The van der Waals surface area contributed by atoms with Crippen LogP contribution in [0.5, 0.6) is 0 Å². The van der Waals surface area contributed by atoms with Crippen LogP contribution in [0.15, 0.2) is 0 Å². The zero-order chi connectivity index (χ0) is 15.2. The molecule has 0 unspecified atom stereocenters. The Morgan fingerprint density at radius 2 is 1.42 bits per heavy atom. The molecule has 0 rings (SSSR count). The maximum Gasteiger partial charge on any atom is 0.389 e. The molecule has 0 aliphatic carbocycles. The van der Waals surface area contributed by atoms with Gasteiger partial charge < -0.3 is 8.85 Å². The third-order valence-corrected chi connectivity index (χ3v) is 8.62. The molecule has 0 aromatic rings. The highest BCUT2D eigenvalue weighted by atomic mass is 28.4. The first-order valence-corrected chi connectivity index (χ1v) is 13.3. The summed E-state index contributed by atoms with van der Waals surface area (Å²) in [5.74, 6) is 0. The quantitative estimate of drug-likeness (QED) is 0.450. The van der Waals surface area contributed by atoms with E-state index in [-0.39, 0.29) is 13.0 Å². The highest BCUT2D eigenvalue weighted by Crippen LogP contribution is 2.21. The molecule has 0 N–H and O–H groups in total. The predicted octanol–water partition coefficient (Wildman–Crippen LogP) is 4.79. The highest BCUT2D eigenvalue weighted by Gasteiger charge is 2.29. The zero-order valence-electron chi connectivity index (χ0n) is 12.7. The van der Waals surface area contributed by atoms with Gasteiger partial charge >= 0.3 is 6.18 Å². The number of hydrogen-bond donors (Lipinski definition) is 0. The molecule has 0 bridgehead atoms. The maximum absolute atomic E-state index is 11.9. The molecule has 0 spiro atoms. The summed E-state index contributed by atoms with van der Waals surface area (Å²) in [6.07, 6.45) is -3.90. The van der Waals surface area contributed by atoms with Crippen molar-refractivity contribution in [2.24, 2.45) is 0 Å². The van der Waals surface area contributed by atoms with E-state index in [4.69, 9.17) is 8.85 Å². The molecule has 19 heavy (non-hydrogen) atoms. The third-order valence-electron chi connectivity index (χ3n) is 2.40. The van der Waals surface area contributed by atoms with Crippen LogP contribution in [0.2, 0.25) is 38.8 Å². The second kappa shape index (κ2) is 7.80. The molecule has 2 nitrogen and oxygen atoms in total. The van der Waals surface area contributed by atoms with Crippen molar-refractivity contribution in [1.82, 2.24) is 0 Å². The second-order valence-corrected chi connectivity index (χ2v) is 15.5. The van der Waals surface area contributed by atoms with Gasteiger partial charge in [0, 0.05) is 19.6 Å². The molecule has 0 saturated heterocycles. The molecule has 0 aliphatic heterocycles. The summed E-state index contributed by atoms with van der Waals surface area (Å²) in [6.45, 7) is 11.6. The topological polar surface area (TPSA) is 18.5 Å². The summed E-state index contributed by atoms with van der Waals surface area (Å²) >= 11 is 0. The number of alkyl halides is 3. The van der Waals surface area contributed by atoms with Crippen LogP contribution in [-0.2, 0) is 8.85 Å².